The first-order valence-corrected chi connectivity index (χ1v) is 12.1. The van der Waals surface area contributed by atoms with Gasteiger partial charge in [0.15, 0.2) is 6.61 Å². The number of hydrogen-bond donors (Lipinski definition) is 2. The zero-order valence-corrected chi connectivity index (χ0v) is 19.9. The zero-order valence-electron chi connectivity index (χ0n) is 17.5. The minimum Gasteiger partial charge on any atom is -0.492 e. The molecule has 0 radical (unpaired) electrons. The van der Waals surface area contributed by atoms with Crippen LogP contribution in [-0.2, 0) is 26.1 Å². The Labute approximate surface area is 199 Å². The number of amides is 1. The average molecular weight is 537 g/mol. The van der Waals surface area contributed by atoms with Gasteiger partial charge in [-0.05, 0) is 49.4 Å². The number of furan rings is 1. The van der Waals surface area contributed by atoms with E-state index < -0.39 is 28.5 Å². The fourth-order valence-corrected chi connectivity index (χ4v) is 4.54. The van der Waals surface area contributed by atoms with Crippen LogP contribution in [0.1, 0.15) is 23.0 Å². The van der Waals surface area contributed by atoms with Crippen molar-refractivity contribution in [2.24, 2.45) is 0 Å². The summed E-state index contributed by atoms with van der Waals surface area (Å²) in [6.45, 7) is 1.62. The summed E-state index contributed by atoms with van der Waals surface area (Å²) in [6, 6.07) is 13.9. The van der Waals surface area contributed by atoms with Gasteiger partial charge in [-0.3, -0.25) is 9.52 Å². The van der Waals surface area contributed by atoms with E-state index in [0.29, 0.717) is 10.2 Å². The highest BCUT2D eigenvalue weighted by Crippen LogP contribution is 2.30. The predicted octanol–water partition coefficient (Wildman–Crippen LogP) is 3.71. The summed E-state index contributed by atoms with van der Waals surface area (Å²) < 4.78 is 44.6. The third-order valence-electron chi connectivity index (χ3n) is 4.26. The second-order valence-electron chi connectivity index (χ2n) is 6.61. The molecule has 1 amide bonds. The molecule has 0 spiro atoms. The number of para-hydroxylation sites is 1. The number of halogens is 1. The highest BCUT2D eigenvalue weighted by molar-refractivity contribution is 9.10. The molecule has 1 heterocycles. The molecule has 2 N–H and O–H groups in total. The van der Waals surface area contributed by atoms with Crippen molar-refractivity contribution in [3.05, 3.63) is 76.7 Å². The predicted molar refractivity (Wildman–Crippen MR) is 123 cm³/mol. The largest absolute Gasteiger partial charge is 0.492 e. The van der Waals surface area contributed by atoms with E-state index in [9.17, 15) is 18.0 Å². The standard InChI is InChI=1S/C22H21BrN2O7S/c1-2-30-19-10-9-15(23)12-20(19)33(28,29)25-18-8-4-3-7-17(18)22(27)32-14-21(26)24-13-16-6-5-11-31-16/h3-12,25H,2,13-14H2,1H3,(H,24,26). The number of anilines is 1. The summed E-state index contributed by atoms with van der Waals surface area (Å²) in [5.41, 5.74) is -0.0474. The van der Waals surface area contributed by atoms with Gasteiger partial charge in [0.2, 0.25) is 0 Å². The summed E-state index contributed by atoms with van der Waals surface area (Å²) >= 11 is 3.26. The minimum atomic E-state index is -4.11. The van der Waals surface area contributed by atoms with Crippen molar-refractivity contribution < 1.29 is 31.9 Å². The molecule has 11 heteroatoms. The smallest absolute Gasteiger partial charge is 0.340 e. The molecule has 0 aliphatic carbocycles. The maximum Gasteiger partial charge on any atom is 0.340 e. The minimum absolute atomic E-state index is 0.000850. The van der Waals surface area contributed by atoms with Crippen LogP contribution < -0.4 is 14.8 Å². The number of nitrogens with one attached hydrogen (secondary N) is 2. The summed E-state index contributed by atoms with van der Waals surface area (Å²) in [6.07, 6.45) is 1.48. The van der Waals surface area contributed by atoms with Crippen molar-refractivity contribution in [2.45, 2.75) is 18.4 Å². The molecule has 0 aliphatic heterocycles. The van der Waals surface area contributed by atoms with Gasteiger partial charge < -0.3 is 19.2 Å². The van der Waals surface area contributed by atoms with Crippen LogP contribution in [0.3, 0.4) is 0 Å². The van der Waals surface area contributed by atoms with Gasteiger partial charge in [-0.2, -0.15) is 0 Å². The van der Waals surface area contributed by atoms with Crippen LogP contribution in [0.25, 0.3) is 0 Å². The fourth-order valence-electron chi connectivity index (χ4n) is 2.78. The van der Waals surface area contributed by atoms with E-state index in [1.54, 1.807) is 37.3 Å². The highest BCUT2D eigenvalue weighted by Gasteiger charge is 2.23. The third-order valence-corrected chi connectivity index (χ3v) is 6.14. The molecule has 0 saturated heterocycles. The molecular formula is C22H21BrN2O7S. The van der Waals surface area contributed by atoms with E-state index in [4.69, 9.17) is 13.9 Å². The number of hydrogen-bond acceptors (Lipinski definition) is 7. The number of ether oxygens (including phenoxy) is 2. The van der Waals surface area contributed by atoms with Gasteiger partial charge in [-0.25, -0.2) is 13.2 Å². The number of carbonyl (C=O) groups is 2. The molecule has 0 fully saturated rings. The Bertz CT molecular complexity index is 1230. The molecule has 3 rings (SSSR count). The van der Waals surface area contributed by atoms with Crippen LogP contribution in [0, 0.1) is 0 Å². The quantitative estimate of drug-likeness (QED) is 0.378. The lowest BCUT2D eigenvalue weighted by molar-refractivity contribution is -0.124. The van der Waals surface area contributed by atoms with E-state index in [0.717, 1.165) is 0 Å². The van der Waals surface area contributed by atoms with Crippen molar-refractivity contribution in [3.63, 3.8) is 0 Å². The van der Waals surface area contributed by atoms with Crippen LogP contribution in [0.15, 0.2) is 74.6 Å². The molecule has 33 heavy (non-hydrogen) atoms. The number of rotatable bonds is 10. The maximum atomic E-state index is 13.1. The molecule has 0 unspecified atom stereocenters. The van der Waals surface area contributed by atoms with E-state index in [1.807, 2.05) is 0 Å². The molecule has 9 nitrogen and oxygen atoms in total. The Balaban J connectivity index is 1.71. The number of sulfonamides is 1. The Morgan fingerprint density at radius 1 is 1.09 bits per heavy atom. The van der Waals surface area contributed by atoms with Gasteiger partial charge in [-0.15, -0.1) is 0 Å². The molecule has 0 bridgehead atoms. The average Bonchev–Trinajstić information content (AvgIpc) is 3.31. The number of esters is 1. The van der Waals surface area contributed by atoms with Crippen LogP contribution in [-0.4, -0.2) is 33.5 Å². The van der Waals surface area contributed by atoms with Crippen LogP contribution in [0.4, 0.5) is 5.69 Å². The first-order chi connectivity index (χ1) is 15.8. The molecule has 3 aromatic rings. The van der Waals surface area contributed by atoms with Gasteiger partial charge in [0.25, 0.3) is 15.9 Å². The molecule has 1 aromatic heterocycles. The van der Waals surface area contributed by atoms with Gasteiger partial charge in [0, 0.05) is 4.47 Å². The van der Waals surface area contributed by atoms with Crippen molar-refractivity contribution in [3.8, 4) is 5.75 Å². The van der Waals surface area contributed by atoms with Crippen LogP contribution in [0.2, 0.25) is 0 Å². The summed E-state index contributed by atoms with van der Waals surface area (Å²) in [7, 11) is -4.11. The van der Waals surface area contributed by atoms with E-state index in [2.05, 4.69) is 26.0 Å². The normalized spacial score (nSPS) is 11.0. The van der Waals surface area contributed by atoms with Gasteiger partial charge in [0.05, 0.1) is 30.7 Å². The van der Waals surface area contributed by atoms with E-state index in [1.165, 1.54) is 30.5 Å². The molecule has 174 valence electrons. The lowest BCUT2D eigenvalue weighted by atomic mass is 10.2. The Morgan fingerprint density at radius 3 is 2.61 bits per heavy atom. The molecule has 0 aliphatic rings. The summed E-state index contributed by atoms with van der Waals surface area (Å²) in [4.78, 5) is 24.4. The van der Waals surface area contributed by atoms with E-state index in [-0.39, 0.29) is 35.0 Å². The Morgan fingerprint density at radius 2 is 1.88 bits per heavy atom. The fraction of sp³-hybridized carbons (Fsp3) is 0.182. The Hall–Kier alpha value is -3.31. The first kappa shape index (κ1) is 24.3. The number of benzene rings is 2. The lowest BCUT2D eigenvalue weighted by Gasteiger charge is -2.15. The molecular weight excluding hydrogens is 516 g/mol. The zero-order chi connectivity index (χ0) is 23.8. The third kappa shape index (κ3) is 6.59. The molecule has 0 saturated carbocycles. The van der Waals surface area contributed by atoms with Crippen molar-refractivity contribution in [2.75, 3.05) is 17.9 Å². The van der Waals surface area contributed by atoms with Crippen molar-refractivity contribution in [1.82, 2.24) is 5.32 Å². The van der Waals surface area contributed by atoms with Gasteiger partial charge >= 0.3 is 5.97 Å². The van der Waals surface area contributed by atoms with Crippen LogP contribution >= 0.6 is 15.9 Å². The second kappa shape index (κ2) is 11.0. The number of carbonyl (C=O) groups excluding carboxylic acids is 2. The highest BCUT2D eigenvalue weighted by atomic mass is 79.9. The summed E-state index contributed by atoms with van der Waals surface area (Å²) in [5.74, 6) is -0.677. The molecule has 2 aromatic carbocycles. The lowest BCUT2D eigenvalue weighted by Crippen LogP contribution is -2.28. The first-order valence-electron chi connectivity index (χ1n) is 9.80. The second-order valence-corrected chi connectivity index (χ2v) is 9.17. The summed E-state index contributed by atoms with van der Waals surface area (Å²) in [5, 5.41) is 2.55. The SMILES string of the molecule is CCOc1ccc(Br)cc1S(=O)(=O)Nc1ccccc1C(=O)OCC(=O)NCc1ccco1. The monoisotopic (exact) mass is 536 g/mol. The molecule has 0 atom stereocenters. The van der Waals surface area contributed by atoms with E-state index >= 15 is 0 Å². The van der Waals surface area contributed by atoms with Gasteiger partial charge in [-0.1, -0.05) is 28.1 Å². The van der Waals surface area contributed by atoms with Gasteiger partial charge in [0.1, 0.15) is 16.4 Å². The van der Waals surface area contributed by atoms with Crippen molar-refractivity contribution >= 4 is 43.5 Å². The Kier molecular flexibility index (Phi) is 8.12. The topological polar surface area (TPSA) is 124 Å². The maximum absolute atomic E-state index is 13.1. The van der Waals surface area contributed by atoms with Crippen LogP contribution in [0.5, 0.6) is 5.75 Å². The van der Waals surface area contributed by atoms with Crippen molar-refractivity contribution in [1.29, 1.82) is 0 Å².